The molecule has 0 saturated carbocycles. The molecule has 0 bridgehead atoms. The third kappa shape index (κ3) is 4.01. The van der Waals surface area contributed by atoms with Crippen LogP contribution in [0.2, 0.25) is 0 Å². The van der Waals surface area contributed by atoms with E-state index in [-0.39, 0.29) is 11.8 Å². The van der Waals surface area contributed by atoms with Gasteiger partial charge >= 0.3 is 5.76 Å². The summed E-state index contributed by atoms with van der Waals surface area (Å²) in [6.45, 7) is 2.87. The van der Waals surface area contributed by atoms with E-state index >= 15 is 0 Å². The van der Waals surface area contributed by atoms with Crippen LogP contribution in [0.3, 0.4) is 0 Å². The van der Waals surface area contributed by atoms with Crippen molar-refractivity contribution in [3.63, 3.8) is 0 Å². The fourth-order valence-corrected chi connectivity index (χ4v) is 5.75. The van der Waals surface area contributed by atoms with E-state index in [0.29, 0.717) is 16.3 Å². The molecule has 144 valence electrons. The van der Waals surface area contributed by atoms with Gasteiger partial charge in [0.1, 0.15) is 4.21 Å². The Morgan fingerprint density at radius 1 is 1.11 bits per heavy atom. The van der Waals surface area contributed by atoms with Crippen LogP contribution >= 0.6 is 11.3 Å². The number of aromatic nitrogens is 1. The Hall–Kier alpha value is -1.94. The van der Waals surface area contributed by atoms with Crippen LogP contribution in [0, 0.1) is 0 Å². The largest absolute Gasteiger partial charge is 0.419 e. The maximum absolute atomic E-state index is 12.3. The van der Waals surface area contributed by atoms with Gasteiger partial charge in [0.2, 0.25) is 10.0 Å². The second-order valence-corrected chi connectivity index (χ2v) is 9.55. The minimum absolute atomic E-state index is 0.0502. The lowest BCUT2D eigenvalue weighted by atomic mass is 10.1. The molecule has 1 aliphatic heterocycles. The van der Waals surface area contributed by atoms with Gasteiger partial charge < -0.3 is 9.32 Å². The molecule has 3 aromatic rings. The first-order valence-corrected chi connectivity index (χ1v) is 11.3. The lowest BCUT2D eigenvalue weighted by Crippen LogP contribution is -2.45. The van der Waals surface area contributed by atoms with Gasteiger partial charge in [0.15, 0.2) is 5.58 Å². The molecule has 0 atom stereocenters. The fraction of sp³-hybridized carbons (Fsp3) is 0.389. The molecule has 4 rings (SSSR count). The number of piperidine rings is 1. The highest BCUT2D eigenvalue weighted by atomic mass is 32.2. The highest BCUT2D eigenvalue weighted by Gasteiger charge is 2.25. The average molecular weight is 408 g/mol. The van der Waals surface area contributed by atoms with Gasteiger partial charge in [0, 0.05) is 19.1 Å². The van der Waals surface area contributed by atoms with E-state index < -0.39 is 10.0 Å². The van der Waals surface area contributed by atoms with Crippen molar-refractivity contribution in [1.82, 2.24) is 14.2 Å². The number of oxazole rings is 1. The second kappa shape index (κ2) is 7.59. The summed E-state index contributed by atoms with van der Waals surface area (Å²) in [4.78, 5) is 14.3. The van der Waals surface area contributed by atoms with Crippen LogP contribution in [0.4, 0.5) is 0 Å². The predicted octanol–water partition coefficient (Wildman–Crippen LogP) is 2.10. The van der Waals surface area contributed by atoms with Gasteiger partial charge in [0.05, 0.1) is 5.52 Å². The van der Waals surface area contributed by atoms with Gasteiger partial charge in [0.25, 0.3) is 0 Å². The van der Waals surface area contributed by atoms with E-state index in [1.165, 1.54) is 11.3 Å². The standard InChI is InChI=1S/C18H21N3O4S2/c22-18-21(15-4-1-2-5-16(15)25-18)12-11-20-9-7-14(8-10-20)19-27(23,24)17-6-3-13-26-17/h1-6,13-14,19H,7-12H2. The lowest BCUT2D eigenvalue weighted by molar-refractivity contribution is 0.200. The number of hydrogen-bond donors (Lipinski definition) is 1. The minimum atomic E-state index is -3.42. The maximum atomic E-state index is 12.3. The normalized spacial score (nSPS) is 16.9. The number of sulfonamides is 1. The number of para-hydroxylation sites is 2. The SMILES string of the molecule is O=c1oc2ccccc2n1CCN1CCC(NS(=O)(=O)c2cccs2)CC1. The number of benzene rings is 1. The van der Waals surface area contributed by atoms with E-state index in [4.69, 9.17) is 4.42 Å². The Balaban J connectivity index is 1.32. The predicted molar refractivity (Wildman–Crippen MR) is 105 cm³/mol. The number of nitrogens with one attached hydrogen (secondary N) is 1. The molecule has 2 aromatic heterocycles. The first-order valence-electron chi connectivity index (χ1n) is 8.89. The number of fused-ring (bicyclic) bond motifs is 1. The van der Waals surface area contributed by atoms with Crippen molar-refractivity contribution >= 4 is 32.5 Å². The van der Waals surface area contributed by atoms with E-state index in [1.54, 1.807) is 28.1 Å². The molecule has 1 aromatic carbocycles. The van der Waals surface area contributed by atoms with E-state index in [9.17, 15) is 13.2 Å². The first kappa shape index (κ1) is 18.4. The van der Waals surface area contributed by atoms with Gasteiger partial charge in [-0.2, -0.15) is 0 Å². The molecule has 1 saturated heterocycles. The number of thiophene rings is 1. The molecule has 1 aliphatic rings. The third-order valence-electron chi connectivity index (χ3n) is 4.88. The number of likely N-dealkylation sites (tertiary alicyclic amines) is 1. The Kier molecular flexibility index (Phi) is 5.18. The van der Waals surface area contributed by atoms with Crippen molar-refractivity contribution in [2.45, 2.75) is 29.6 Å². The van der Waals surface area contributed by atoms with Crippen LogP contribution in [-0.2, 0) is 16.6 Å². The Morgan fingerprint density at radius 3 is 2.63 bits per heavy atom. The van der Waals surface area contributed by atoms with Crippen LogP contribution in [0.1, 0.15) is 12.8 Å². The van der Waals surface area contributed by atoms with Gasteiger partial charge in [-0.05, 0) is 49.5 Å². The van der Waals surface area contributed by atoms with Crippen molar-refractivity contribution in [2.24, 2.45) is 0 Å². The zero-order chi connectivity index (χ0) is 18.9. The molecule has 1 N–H and O–H groups in total. The van der Waals surface area contributed by atoms with Gasteiger partial charge in [-0.3, -0.25) is 4.57 Å². The van der Waals surface area contributed by atoms with Gasteiger partial charge in [-0.25, -0.2) is 17.9 Å². The van der Waals surface area contributed by atoms with E-state index in [1.807, 2.05) is 18.2 Å². The Labute approximate surface area is 161 Å². The third-order valence-corrected chi connectivity index (χ3v) is 7.80. The van der Waals surface area contributed by atoms with E-state index in [2.05, 4.69) is 9.62 Å². The lowest BCUT2D eigenvalue weighted by Gasteiger charge is -2.32. The van der Waals surface area contributed by atoms with Crippen LogP contribution in [-0.4, -0.2) is 43.6 Å². The maximum Gasteiger partial charge on any atom is 0.419 e. The molecular formula is C18H21N3O4S2. The summed E-state index contributed by atoms with van der Waals surface area (Å²) in [5, 5.41) is 1.76. The molecule has 3 heterocycles. The Bertz CT molecular complexity index is 1060. The van der Waals surface area contributed by atoms with Crippen LogP contribution < -0.4 is 10.5 Å². The molecule has 27 heavy (non-hydrogen) atoms. The Morgan fingerprint density at radius 2 is 1.89 bits per heavy atom. The molecule has 1 fully saturated rings. The quantitative estimate of drug-likeness (QED) is 0.676. The second-order valence-electron chi connectivity index (χ2n) is 6.66. The molecule has 0 amide bonds. The summed E-state index contributed by atoms with van der Waals surface area (Å²) in [5.41, 5.74) is 1.41. The van der Waals surface area contributed by atoms with Crippen LogP contribution in [0.15, 0.2) is 55.2 Å². The molecule has 0 radical (unpaired) electrons. The molecule has 0 spiro atoms. The summed E-state index contributed by atoms with van der Waals surface area (Å²) in [6, 6.07) is 10.7. The zero-order valence-electron chi connectivity index (χ0n) is 14.7. The van der Waals surface area contributed by atoms with Crippen molar-refractivity contribution in [3.05, 3.63) is 52.3 Å². The van der Waals surface area contributed by atoms with Gasteiger partial charge in [-0.15, -0.1) is 11.3 Å². The summed E-state index contributed by atoms with van der Waals surface area (Å²) in [6.07, 6.45) is 1.51. The summed E-state index contributed by atoms with van der Waals surface area (Å²) in [7, 11) is -3.42. The minimum Gasteiger partial charge on any atom is -0.408 e. The topological polar surface area (TPSA) is 84.6 Å². The average Bonchev–Trinajstić information content (AvgIpc) is 3.29. The number of rotatable bonds is 6. The molecular weight excluding hydrogens is 386 g/mol. The molecule has 9 heteroatoms. The van der Waals surface area contributed by atoms with Gasteiger partial charge in [-0.1, -0.05) is 18.2 Å². The highest BCUT2D eigenvalue weighted by Crippen LogP contribution is 2.19. The zero-order valence-corrected chi connectivity index (χ0v) is 16.3. The first-order chi connectivity index (χ1) is 13.0. The summed E-state index contributed by atoms with van der Waals surface area (Å²) >= 11 is 1.23. The van der Waals surface area contributed by atoms with E-state index in [0.717, 1.165) is 38.0 Å². The molecule has 0 aliphatic carbocycles. The smallest absolute Gasteiger partial charge is 0.408 e. The van der Waals surface area contributed by atoms with Crippen molar-refractivity contribution in [2.75, 3.05) is 19.6 Å². The number of nitrogens with zero attached hydrogens (tertiary/aromatic N) is 2. The summed E-state index contributed by atoms with van der Waals surface area (Å²) in [5.74, 6) is -0.338. The fourth-order valence-electron chi connectivity index (χ4n) is 3.44. The summed E-state index contributed by atoms with van der Waals surface area (Å²) < 4.78 is 34.7. The van der Waals surface area contributed by atoms with Crippen molar-refractivity contribution < 1.29 is 12.8 Å². The number of hydrogen-bond acceptors (Lipinski definition) is 6. The van der Waals surface area contributed by atoms with Crippen molar-refractivity contribution in [3.8, 4) is 0 Å². The van der Waals surface area contributed by atoms with Crippen LogP contribution in [0.25, 0.3) is 11.1 Å². The molecule has 0 unspecified atom stereocenters. The van der Waals surface area contributed by atoms with Crippen LogP contribution in [0.5, 0.6) is 0 Å². The highest BCUT2D eigenvalue weighted by molar-refractivity contribution is 7.91. The van der Waals surface area contributed by atoms with Crippen molar-refractivity contribution in [1.29, 1.82) is 0 Å². The monoisotopic (exact) mass is 407 g/mol. The molecule has 7 nitrogen and oxygen atoms in total.